The van der Waals surface area contributed by atoms with Crippen LogP contribution in [0.4, 0.5) is 0 Å². The Labute approximate surface area is 138 Å². The van der Waals surface area contributed by atoms with E-state index in [4.69, 9.17) is 4.42 Å². The second-order valence-electron chi connectivity index (χ2n) is 5.55. The quantitative estimate of drug-likeness (QED) is 0.539. The summed E-state index contributed by atoms with van der Waals surface area (Å²) in [5, 5.41) is 10.4. The van der Waals surface area contributed by atoms with Crippen molar-refractivity contribution in [3.05, 3.63) is 89.3 Å². The molecule has 1 aromatic heterocycles. The Hall–Kier alpha value is -3.33. The number of hydrogen-bond donors (Lipinski definition) is 1. The fourth-order valence-corrected chi connectivity index (χ4v) is 2.94. The van der Waals surface area contributed by atoms with E-state index in [0.29, 0.717) is 11.1 Å². The molecule has 0 unspecified atom stereocenters. The molecule has 0 bridgehead atoms. The van der Waals surface area contributed by atoms with Crippen LogP contribution in [0.15, 0.2) is 88.1 Å². The Balaban J connectivity index is 2.15. The van der Waals surface area contributed by atoms with Gasteiger partial charge in [0.2, 0.25) is 0 Å². The van der Waals surface area contributed by atoms with Gasteiger partial charge in [-0.2, -0.15) is 0 Å². The maximum atomic E-state index is 12.7. The van der Waals surface area contributed by atoms with E-state index in [9.17, 15) is 9.90 Å². The van der Waals surface area contributed by atoms with Crippen molar-refractivity contribution in [2.45, 2.75) is 0 Å². The largest absolute Gasteiger partial charge is 0.508 e. The topological polar surface area (TPSA) is 50.4 Å². The number of para-hydroxylation sites is 1. The molecule has 0 atom stereocenters. The van der Waals surface area contributed by atoms with E-state index in [0.717, 1.165) is 22.1 Å². The maximum Gasteiger partial charge on any atom is 0.344 e. The molecule has 0 amide bonds. The molecule has 0 aliphatic heterocycles. The summed E-state index contributed by atoms with van der Waals surface area (Å²) in [5.74, 6) is 0.187. The molecule has 4 rings (SSSR count). The molecule has 3 nitrogen and oxygen atoms in total. The van der Waals surface area contributed by atoms with Gasteiger partial charge in [-0.15, -0.1) is 0 Å². The van der Waals surface area contributed by atoms with Crippen LogP contribution in [0.2, 0.25) is 0 Å². The molecule has 1 heterocycles. The van der Waals surface area contributed by atoms with Crippen LogP contribution in [0, 0.1) is 0 Å². The first-order chi connectivity index (χ1) is 11.7. The number of phenols is 1. The minimum Gasteiger partial charge on any atom is -0.508 e. The Bertz CT molecular complexity index is 1060. The van der Waals surface area contributed by atoms with Crippen molar-refractivity contribution in [3.8, 4) is 28.0 Å². The van der Waals surface area contributed by atoms with Gasteiger partial charge >= 0.3 is 5.63 Å². The summed E-state index contributed by atoms with van der Waals surface area (Å²) < 4.78 is 5.53. The van der Waals surface area contributed by atoms with Crippen molar-refractivity contribution in [1.29, 1.82) is 0 Å². The van der Waals surface area contributed by atoms with Gasteiger partial charge in [-0.05, 0) is 29.3 Å². The minimum atomic E-state index is -0.372. The lowest BCUT2D eigenvalue weighted by molar-refractivity contribution is 0.475. The van der Waals surface area contributed by atoms with E-state index in [1.165, 1.54) is 0 Å². The molecule has 0 saturated heterocycles. The van der Waals surface area contributed by atoms with E-state index in [2.05, 4.69) is 0 Å². The van der Waals surface area contributed by atoms with Crippen LogP contribution in [0.1, 0.15) is 0 Å². The van der Waals surface area contributed by atoms with Crippen LogP contribution in [0.25, 0.3) is 33.2 Å². The highest BCUT2D eigenvalue weighted by Crippen LogP contribution is 2.36. The van der Waals surface area contributed by atoms with Gasteiger partial charge in [-0.25, -0.2) is 4.79 Å². The Kier molecular flexibility index (Phi) is 3.39. The average Bonchev–Trinajstić information content (AvgIpc) is 2.62. The van der Waals surface area contributed by atoms with Gasteiger partial charge in [0.05, 0.1) is 5.56 Å². The van der Waals surface area contributed by atoms with Crippen molar-refractivity contribution in [2.75, 3.05) is 0 Å². The van der Waals surface area contributed by atoms with Crippen molar-refractivity contribution in [2.24, 2.45) is 0 Å². The highest BCUT2D eigenvalue weighted by molar-refractivity contribution is 6.01. The van der Waals surface area contributed by atoms with Gasteiger partial charge < -0.3 is 9.52 Å². The van der Waals surface area contributed by atoms with Gasteiger partial charge in [0.25, 0.3) is 0 Å². The number of aromatic hydroxyl groups is 1. The smallest absolute Gasteiger partial charge is 0.344 e. The van der Waals surface area contributed by atoms with Gasteiger partial charge in [-0.1, -0.05) is 60.7 Å². The van der Waals surface area contributed by atoms with Gasteiger partial charge in [0.15, 0.2) is 0 Å². The standard InChI is InChI=1S/C21H14O3/c22-16-12-10-15(11-13-16)19-17-8-4-5-9-18(17)24-21(23)20(19)14-6-2-1-3-7-14/h1-13,22H. The first kappa shape index (κ1) is 14.3. The van der Waals surface area contributed by atoms with Crippen molar-refractivity contribution in [1.82, 2.24) is 0 Å². The maximum absolute atomic E-state index is 12.7. The van der Waals surface area contributed by atoms with Crippen LogP contribution < -0.4 is 5.63 Å². The van der Waals surface area contributed by atoms with Crippen LogP contribution in [-0.4, -0.2) is 5.11 Å². The number of hydrogen-bond acceptors (Lipinski definition) is 3. The number of phenolic OH excluding ortho intramolecular Hbond substituents is 1. The zero-order valence-electron chi connectivity index (χ0n) is 12.8. The molecule has 24 heavy (non-hydrogen) atoms. The monoisotopic (exact) mass is 314 g/mol. The van der Waals surface area contributed by atoms with E-state index >= 15 is 0 Å². The second kappa shape index (κ2) is 5.70. The summed E-state index contributed by atoms with van der Waals surface area (Å²) in [6.07, 6.45) is 0. The summed E-state index contributed by atoms with van der Waals surface area (Å²) in [5.41, 5.74) is 3.18. The molecule has 1 N–H and O–H groups in total. The van der Waals surface area contributed by atoms with Gasteiger partial charge in [-0.3, -0.25) is 0 Å². The van der Waals surface area contributed by atoms with E-state index in [1.807, 2.05) is 60.7 Å². The van der Waals surface area contributed by atoms with E-state index in [1.54, 1.807) is 18.2 Å². The molecule has 3 aromatic carbocycles. The Morgan fingerprint density at radius 3 is 2.04 bits per heavy atom. The molecule has 0 aliphatic carbocycles. The van der Waals surface area contributed by atoms with Crippen LogP contribution >= 0.6 is 0 Å². The van der Waals surface area contributed by atoms with Crippen molar-refractivity contribution in [3.63, 3.8) is 0 Å². The van der Waals surface area contributed by atoms with Crippen LogP contribution in [0.3, 0.4) is 0 Å². The Morgan fingerprint density at radius 2 is 1.29 bits per heavy atom. The van der Waals surface area contributed by atoms with E-state index in [-0.39, 0.29) is 11.4 Å². The summed E-state index contributed by atoms with van der Waals surface area (Å²) >= 11 is 0. The molecule has 0 aliphatic rings. The van der Waals surface area contributed by atoms with Crippen LogP contribution in [-0.2, 0) is 0 Å². The summed E-state index contributed by atoms with van der Waals surface area (Å²) in [6.45, 7) is 0. The predicted octanol–water partition coefficient (Wildman–Crippen LogP) is 4.83. The molecule has 3 heteroatoms. The highest BCUT2D eigenvalue weighted by atomic mass is 16.4. The first-order valence-corrected chi connectivity index (χ1v) is 7.65. The fourth-order valence-electron chi connectivity index (χ4n) is 2.94. The van der Waals surface area contributed by atoms with E-state index < -0.39 is 0 Å². The SMILES string of the molecule is O=c1oc2ccccc2c(-c2ccc(O)cc2)c1-c1ccccc1. The van der Waals surface area contributed by atoms with Crippen molar-refractivity contribution >= 4 is 11.0 Å². The number of fused-ring (bicyclic) bond motifs is 1. The summed E-state index contributed by atoms with van der Waals surface area (Å²) in [4.78, 5) is 12.7. The third-order valence-electron chi connectivity index (χ3n) is 4.03. The molecule has 0 fully saturated rings. The third-order valence-corrected chi connectivity index (χ3v) is 4.03. The number of rotatable bonds is 2. The summed E-state index contributed by atoms with van der Waals surface area (Å²) in [6, 6.07) is 23.8. The fraction of sp³-hybridized carbons (Fsp3) is 0. The zero-order chi connectivity index (χ0) is 16.5. The lowest BCUT2D eigenvalue weighted by Crippen LogP contribution is -2.05. The van der Waals surface area contributed by atoms with Gasteiger partial charge in [0, 0.05) is 10.9 Å². The molecule has 116 valence electrons. The first-order valence-electron chi connectivity index (χ1n) is 7.65. The molecular weight excluding hydrogens is 300 g/mol. The molecule has 0 radical (unpaired) electrons. The summed E-state index contributed by atoms with van der Waals surface area (Å²) in [7, 11) is 0. The average molecular weight is 314 g/mol. The highest BCUT2D eigenvalue weighted by Gasteiger charge is 2.17. The van der Waals surface area contributed by atoms with Crippen molar-refractivity contribution < 1.29 is 9.52 Å². The lowest BCUT2D eigenvalue weighted by Gasteiger charge is -2.12. The molecule has 0 spiro atoms. The molecular formula is C21H14O3. The minimum absolute atomic E-state index is 0.187. The Morgan fingerprint density at radius 1 is 0.667 bits per heavy atom. The second-order valence-corrected chi connectivity index (χ2v) is 5.55. The lowest BCUT2D eigenvalue weighted by atomic mass is 9.93. The predicted molar refractivity (Wildman–Crippen MR) is 95.0 cm³/mol. The zero-order valence-corrected chi connectivity index (χ0v) is 12.8. The normalized spacial score (nSPS) is 10.8. The van der Waals surface area contributed by atoms with Gasteiger partial charge in [0.1, 0.15) is 11.3 Å². The van der Waals surface area contributed by atoms with Crippen LogP contribution in [0.5, 0.6) is 5.75 Å². The third kappa shape index (κ3) is 2.36. The molecule has 0 saturated carbocycles. The molecule has 4 aromatic rings. The number of benzene rings is 3.